The van der Waals surface area contributed by atoms with Crippen molar-refractivity contribution >= 4 is 5.69 Å². The van der Waals surface area contributed by atoms with E-state index in [9.17, 15) is 0 Å². The van der Waals surface area contributed by atoms with Crippen LogP contribution in [0.4, 0.5) is 5.69 Å². The van der Waals surface area contributed by atoms with Crippen LogP contribution >= 0.6 is 0 Å². The van der Waals surface area contributed by atoms with Crippen LogP contribution in [-0.4, -0.2) is 19.1 Å². The molecule has 0 heterocycles. The molecule has 0 spiro atoms. The summed E-state index contributed by atoms with van der Waals surface area (Å²) in [5, 5.41) is 0. The molecule has 1 aromatic rings. The molecule has 2 heteroatoms. The van der Waals surface area contributed by atoms with Crippen molar-refractivity contribution in [2.75, 3.05) is 18.0 Å². The lowest BCUT2D eigenvalue weighted by molar-refractivity contribution is 0.728. The van der Waals surface area contributed by atoms with Crippen molar-refractivity contribution in [3.8, 4) is 0 Å². The predicted octanol–water partition coefficient (Wildman–Crippen LogP) is 3.20. The number of benzene rings is 1. The first-order valence-electron chi connectivity index (χ1n) is 6.76. The van der Waals surface area contributed by atoms with Crippen LogP contribution < -0.4 is 10.6 Å². The minimum Gasteiger partial charge on any atom is -0.372 e. The average Bonchev–Trinajstić information content (AvgIpc) is 2.31. The van der Waals surface area contributed by atoms with E-state index in [4.69, 9.17) is 5.73 Å². The van der Waals surface area contributed by atoms with Gasteiger partial charge in [0.25, 0.3) is 0 Å². The van der Waals surface area contributed by atoms with E-state index in [0.29, 0.717) is 0 Å². The van der Waals surface area contributed by atoms with Gasteiger partial charge in [0.2, 0.25) is 0 Å². The molecule has 2 nitrogen and oxygen atoms in total. The second-order valence-electron chi connectivity index (χ2n) is 4.78. The molecule has 1 unspecified atom stereocenters. The molecule has 0 aromatic heterocycles. The van der Waals surface area contributed by atoms with E-state index in [1.807, 2.05) is 6.92 Å². The van der Waals surface area contributed by atoms with Crippen LogP contribution in [0.2, 0.25) is 0 Å². The smallest absolute Gasteiger partial charge is 0.0366 e. The quantitative estimate of drug-likeness (QED) is 0.785. The summed E-state index contributed by atoms with van der Waals surface area (Å²) < 4.78 is 0. The van der Waals surface area contributed by atoms with Crippen LogP contribution in [0.1, 0.15) is 39.2 Å². The van der Waals surface area contributed by atoms with Crippen LogP contribution in [-0.2, 0) is 6.42 Å². The van der Waals surface area contributed by atoms with Gasteiger partial charge in [-0.25, -0.2) is 0 Å². The van der Waals surface area contributed by atoms with Gasteiger partial charge in [-0.3, -0.25) is 0 Å². The molecule has 1 atom stereocenters. The molecule has 0 aliphatic rings. The molecule has 0 radical (unpaired) electrons. The highest BCUT2D eigenvalue weighted by Gasteiger charge is 2.04. The van der Waals surface area contributed by atoms with E-state index in [0.717, 1.165) is 19.5 Å². The van der Waals surface area contributed by atoms with E-state index in [1.54, 1.807) is 0 Å². The molecule has 0 bridgehead atoms. The minimum atomic E-state index is 0.239. The molecule has 0 aliphatic carbocycles. The maximum Gasteiger partial charge on any atom is 0.0366 e. The van der Waals surface area contributed by atoms with Crippen LogP contribution in [0.15, 0.2) is 24.3 Å². The third-order valence-corrected chi connectivity index (χ3v) is 3.02. The number of unbranched alkanes of at least 4 members (excludes halogenated alkanes) is 1. The largest absolute Gasteiger partial charge is 0.372 e. The normalized spacial score (nSPS) is 12.5. The number of nitrogens with two attached hydrogens (primary N) is 1. The highest BCUT2D eigenvalue weighted by molar-refractivity contribution is 5.47. The van der Waals surface area contributed by atoms with Gasteiger partial charge in [-0.15, -0.1) is 0 Å². The van der Waals surface area contributed by atoms with Crippen molar-refractivity contribution in [3.63, 3.8) is 0 Å². The van der Waals surface area contributed by atoms with Gasteiger partial charge in [-0.2, -0.15) is 0 Å². The maximum absolute atomic E-state index is 5.80. The van der Waals surface area contributed by atoms with Gasteiger partial charge in [-0.1, -0.05) is 25.5 Å². The second kappa shape index (κ2) is 7.33. The van der Waals surface area contributed by atoms with Crippen molar-refractivity contribution in [1.82, 2.24) is 0 Å². The Morgan fingerprint density at radius 3 is 2.29 bits per heavy atom. The number of rotatable bonds is 7. The van der Waals surface area contributed by atoms with Gasteiger partial charge in [0.15, 0.2) is 0 Å². The summed E-state index contributed by atoms with van der Waals surface area (Å²) in [7, 11) is 0. The topological polar surface area (TPSA) is 29.3 Å². The maximum atomic E-state index is 5.80. The van der Waals surface area contributed by atoms with E-state index in [-0.39, 0.29) is 6.04 Å². The molecule has 2 N–H and O–H groups in total. The first-order chi connectivity index (χ1) is 8.17. The third kappa shape index (κ3) is 4.78. The Morgan fingerprint density at radius 1 is 1.18 bits per heavy atom. The Hall–Kier alpha value is -1.02. The van der Waals surface area contributed by atoms with Crippen LogP contribution in [0.25, 0.3) is 0 Å². The number of hydrogen-bond acceptors (Lipinski definition) is 2. The van der Waals surface area contributed by atoms with Crippen molar-refractivity contribution in [1.29, 1.82) is 0 Å². The van der Waals surface area contributed by atoms with Gasteiger partial charge >= 0.3 is 0 Å². The molecular formula is C15H26N2. The third-order valence-electron chi connectivity index (χ3n) is 3.02. The summed E-state index contributed by atoms with van der Waals surface area (Å²) in [5.41, 5.74) is 8.46. The minimum absolute atomic E-state index is 0.239. The fourth-order valence-electron chi connectivity index (χ4n) is 2.03. The molecule has 17 heavy (non-hydrogen) atoms. The summed E-state index contributed by atoms with van der Waals surface area (Å²) in [4.78, 5) is 2.43. The van der Waals surface area contributed by atoms with E-state index >= 15 is 0 Å². The summed E-state index contributed by atoms with van der Waals surface area (Å²) in [5.74, 6) is 0. The van der Waals surface area contributed by atoms with Crippen LogP contribution in [0.3, 0.4) is 0 Å². The van der Waals surface area contributed by atoms with Crippen molar-refractivity contribution < 1.29 is 0 Å². The Labute approximate surface area is 106 Å². The fourth-order valence-corrected chi connectivity index (χ4v) is 2.03. The zero-order valence-electron chi connectivity index (χ0n) is 11.4. The van der Waals surface area contributed by atoms with Gasteiger partial charge in [-0.05, 0) is 44.4 Å². The second-order valence-corrected chi connectivity index (χ2v) is 4.78. The fraction of sp³-hybridized carbons (Fsp3) is 0.600. The lowest BCUT2D eigenvalue weighted by atomic mass is 10.1. The SMILES string of the molecule is CCCCN(CC)c1ccc(CC(C)N)cc1. The highest BCUT2D eigenvalue weighted by Crippen LogP contribution is 2.16. The lowest BCUT2D eigenvalue weighted by Crippen LogP contribution is -2.23. The monoisotopic (exact) mass is 234 g/mol. The molecule has 1 aromatic carbocycles. The molecule has 96 valence electrons. The first-order valence-corrected chi connectivity index (χ1v) is 6.76. The van der Waals surface area contributed by atoms with Gasteiger partial charge in [0, 0.05) is 24.8 Å². The van der Waals surface area contributed by atoms with Gasteiger partial charge < -0.3 is 10.6 Å². The molecule has 0 fully saturated rings. The zero-order valence-corrected chi connectivity index (χ0v) is 11.4. The zero-order chi connectivity index (χ0) is 12.7. The molecular weight excluding hydrogens is 208 g/mol. The molecule has 1 rings (SSSR count). The summed E-state index contributed by atoms with van der Waals surface area (Å²) in [6.07, 6.45) is 3.47. The summed E-state index contributed by atoms with van der Waals surface area (Å²) in [6.45, 7) is 8.73. The first kappa shape index (κ1) is 14.0. The Balaban J connectivity index is 2.64. The molecule has 0 aliphatic heterocycles. The number of nitrogens with zero attached hydrogens (tertiary/aromatic N) is 1. The molecule has 0 amide bonds. The summed E-state index contributed by atoms with van der Waals surface area (Å²) in [6, 6.07) is 9.08. The number of anilines is 1. The average molecular weight is 234 g/mol. The standard InChI is InChI=1S/C15H26N2/c1-4-6-11-17(5-2)15-9-7-14(8-10-15)12-13(3)16/h7-10,13H,4-6,11-12,16H2,1-3H3. The summed E-state index contributed by atoms with van der Waals surface area (Å²) >= 11 is 0. The molecule has 0 saturated carbocycles. The Morgan fingerprint density at radius 2 is 1.82 bits per heavy atom. The van der Waals surface area contributed by atoms with E-state index in [1.165, 1.54) is 24.1 Å². The van der Waals surface area contributed by atoms with Crippen LogP contribution in [0.5, 0.6) is 0 Å². The highest BCUT2D eigenvalue weighted by atomic mass is 15.1. The molecule has 0 saturated heterocycles. The van der Waals surface area contributed by atoms with Crippen molar-refractivity contribution in [2.24, 2.45) is 5.73 Å². The van der Waals surface area contributed by atoms with E-state index < -0.39 is 0 Å². The van der Waals surface area contributed by atoms with Gasteiger partial charge in [0.05, 0.1) is 0 Å². The van der Waals surface area contributed by atoms with Crippen molar-refractivity contribution in [3.05, 3.63) is 29.8 Å². The predicted molar refractivity (Wildman–Crippen MR) is 76.6 cm³/mol. The number of hydrogen-bond donors (Lipinski definition) is 1. The van der Waals surface area contributed by atoms with Crippen LogP contribution in [0, 0.1) is 0 Å². The lowest BCUT2D eigenvalue weighted by Gasteiger charge is -2.23. The van der Waals surface area contributed by atoms with Crippen molar-refractivity contribution in [2.45, 2.75) is 46.1 Å². The Bertz CT molecular complexity index is 303. The van der Waals surface area contributed by atoms with E-state index in [2.05, 4.69) is 43.0 Å². The van der Waals surface area contributed by atoms with Gasteiger partial charge in [0.1, 0.15) is 0 Å². The Kier molecular flexibility index (Phi) is 6.06.